The maximum Gasteiger partial charge on any atom is 0.206 e. The molecule has 8 heavy (non-hydrogen) atoms. The number of hydrogen-bond donors (Lipinski definition) is 1. The first kappa shape index (κ1) is 7.69. The Hall–Kier alpha value is -0.313. The van der Waals surface area contributed by atoms with Crippen LogP contribution in [0.4, 0.5) is 0 Å². The molecular weight excluding hydrogens is 118 g/mol. The van der Waals surface area contributed by atoms with E-state index in [1.54, 1.807) is 0 Å². The summed E-state index contributed by atoms with van der Waals surface area (Å²) in [6.45, 7) is 6.64. The van der Waals surface area contributed by atoms with Gasteiger partial charge < -0.3 is 5.32 Å². The van der Waals surface area contributed by atoms with Gasteiger partial charge in [-0.05, 0) is 0 Å². The van der Waals surface area contributed by atoms with Crippen molar-refractivity contribution in [2.75, 3.05) is 6.17 Å². The van der Waals surface area contributed by atoms with Gasteiger partial charge in [0, 0.05) is 6.17 Å². The molecule has 2 nitrogen and oxygen atoms in total. The molecule has 0 aromatic rings. The van der Waals surface area contributed by atoms with E-state index in [-0.39, 0.29) is 0 Å². The Balaban J connectivity index is 3.24. The first-order chi connectivity index (χ1) is 3.56. The molecule has 0 aliphatic carbocycles. The molecule has 0 aliphatic rings. The van der Waals surface area contributed by atoms with E-state index in [9.17, 15) is 4.79 Å². The van der Waals surface area contributed by atoms with Crippen LogP contribution >= 0.6 is 0 Å². The Morgan fingerprint density at radius 1 is 1.50 bits per heavy atom. The Labute approximate surface area is 51.3 Å². The molecule has 0 atom stereocenters. The molecule has 1 N–H and O–H groups in total. The van der Waals surface area contributed by atoms with E-state index >= 15 is 0 Å². The minimum atomic E-state index is -1.02. The molecule has 0 bridgehead atoms. The second kappa shape index (κ2) is 2.87. The average molecular weight is 131 g/mol. The molecule has 0 rings (SSSR count). The Kier molecular flexibility index (Phi) is 2.75. The van der Waals surface area contributed by atoms with E-state index in [0.29, 0.717) is 0 Å². The Bertz CT molecular complexity index is 77.0. The summed E-state index contributed by atoms with van der Waals surface area (Å²) in [6, 6.07) is 0. The topological polar surface area (TPSA) is 29.1 Å². The van der Waals surface area contributed by atoms with Crippen molar-refractivity contribution in [3.05, 3.63) is 0 Å². The van der Waals surface area contributed by atoms with Gasteiger partial charge in [0.05, 0.1) is 8.07 Å². The molecule has 0 spiro atoms. The summed E-state index contributed by atoms with van der Waals surface area (Å²) in [5.41, 5.74) is 0. The SMILES string of the molecule is C[Si](C)(C)CNC=O. The minimum Gasteiger partial charge on any atom is -0.362 e. The van der Waals surface area contributed by atoms with Gasteiger partial charge in [-0.3, -0.25) is 4.79 Å². The minimum absolute atomic E-state index is 0.762. The quantitative estimate of drug-likeness (QED) is 0.441. The summed E-state index contributed by atoms with van der Waals surface area (Å²) < 4.78 is 0. The van der Waals surface area contributed by atoms with Gasteiger partial charge in [-0.15, -0.1) is 0 Å². The fourth-order valence-electron chi connectivity index (χ4n) is 0.348. The van der Waals surface area contributed by atoms with E-state index in [4.69, 9.17) is 0 Å². The first-order valence-electron chi connectivity index (χ1n) is 2.73. The van der Waals surface area contributed by atoms with E-state index in [1.807, 2.05) is 0 Å². The molecule has 3 heteroatoms. The van der Waals surface area contributed by atoms with Crippen LogP contribution in [-0.4, -0.2) is 20.7 Å². The zero-order chi connectivity index (χ0) is 6.62. The molecule has 0 unspecified atom stereocenters. The highest BCUT2D eigenvalue weighted by atomic mass is 28.3. The smallest absolute Gasteiger partial charge is 0.206 e. The van der Waals surface area contributed by atoms with Gasteiger partial charge in [0.25, 0.3) is 0 Å². The monoisotopic (exact) mass is 131 g/mol. The van der Waals surface area contributed by atoms with Crippen LogP contribution < -0.4 is 5.32 Å². The highest BCUT2D eigenvalue weighted by Crippen LogP contribution is 1.95. The second-order valence-electron chi connectivity index (χ2n) is 3.06. The van der Waals surface area contributed by atoms with Crippen molar-refractivity contribution in [2.24, 2.45) is 0 Å². The predicted molar refractivity (Wildman–Crippen MR) is 37.4 cm³/mol. The van der Waals surface area contributed by atoms with Gasteiger partial charge in [-0.1, -0.05) is 19.6 Å². The zero-order valence-corrected chi connectivity index (χ0v) is 6.69. The van der Waals surface area contributed by atoms with Gasteiger partial charge in [-0.2, -0.15) is 0 Å². The van der Waals surface area contributed by atoms with E-state index in [0.717, 1.165) is 12.6 Å². The van der Waals surface area contributed by atoms with E-state index in [1.165, 1.54) is 0 Å². The molecule has 0 saturated heterocycles. The van der Waals surface area contributed by atoms with Crippen LogP contribution in [0.2, 0.25) is 19.6 Å². The van der Waals surface area contributed by atoms with Crippen LogP contribution in [0.1, 0.15) is 0 Å². The number of carbonyl (C=O) groups excluding carboxylic acids is 1. The lowest BCUT2D eigenvalue weighted by atomic mass is 11.2. The molecule has 1 amide bonds. The summed E-state index contributed by atoms with van der Waals surface area (Å²) in [4.78, 5) is 9.76. The van der Waals surface area contributed by atoms with Crippen molar-refractivity contribution in [3.63, 3.8) is 0 Å². The zero-order valence-electron chi connectivity index (χ0n) is 5.69. The molecule has 0 saturated carbocycles. The third-order valence-corrected chi connectivity index (χ3v) is 1.98. The number of amides is 1. The van der Waals surface area contributed by atoms with Crippen molar-refractivity contribution < 1.29 is 4.79 Å². The molecule has 0 aromatic carbocycles. The normalized spacial score (nSPS) is 10.9. The largest absolute Gasteiger partial charge is 0.362 e. The molecule has 0 fully saturated rings. The highest BCUT2D eigenvalue weighted by Gasteiger charge is 2.10. The average Bonchev–Trinajstić information content (AvgIpc) is 1.59. The Morgan fingerprint density at radius 2 is 2.00 bits per heavy atom. The maximum atomic E-state index is 9.76. The summed E-state index contributed by atoms with van der Waals surface area (Å²) in [6.07, 6.45) is 1.65. The predicted octanol–water partition coefficient (Wildman–Crippen LogP) is 0.610. The molecule has 0 radical (unpaired) electrons. The van der Waals surface area contributed by atoms with E-state index in [2.05, 4.69) is 25.0 Å². The summed E-state index contributed by atoms with van der Waals surface area (Å²) in [7, 11) is -1.02. The van der Waals surface area contributed by atoms with Crippen molar-refractivity contribution in [3.8, 4) is 0 Å². The number of hydrogen-bond acceptors (Lipinski definition) is 1. The standard InChI is InChI=1S/C5H13NOSi/c1-8(2,3)5-6-4-7/h4H,5H2,1-3H3,(H,6,7). The molecular formula is C5H13NOSi. The maximum absolute atomic E-state index is 9.76. The van der Waals surface area contributed by atoms with Gasteiger partial charge in [-0.25, -0.2) is 0 Å². The molecule has 48 valence electrons. The number of rotatable bonds is 3. The van der Waals surface area contributed by atoms with Crippen LogP contribution in [0, 0.1) is 0 Å². The number of nitrogens with one attached hydrogen (secondary N) is 1. The van der Waals surface area contributed by atoms with Crippen LogP contribution in [-0.2, 0) is 4.79 Å². The lowest BCUT2D eigenvalue weighted by Gasteiger charge is -2.13. The van der Waals surface area contributed by atoms with Gasteiger partial charge >= 0.3 is 0 Å². The third-order valence-electron chi connectivity index (χ3n) is 0.716. The molecule has 0 aromatic heterocycles. The van der Waals surface area contributed by atoms with Crippen molar-refractivity contribution in [1.82, 2.24) is 5.32 Å². The highest BCUT2D eigenvalue weighted by molar-refractivity contribution is 6.76. The summed E-state index contributed by atoms with van der Waals surface area (Å²) >= 11 is 0. The van der Waals surface area contributed by atoms with Gasteiger partial charge in [0.15, 0.2) is 0 Å². The molecule has 0 heterocycles. The van der Waals surface area contributed by atoms with Crippen molar-refractivity contribution in [2.45, 2.75) is 19.6 Å². The van der Waals surface area contributed by atoms with E-state index < -0.39 is 8.07 Å². The lowest BCUT2D eigenvalue weighted by molar-refractivity contribution is -0.109. The fourth-order valence-corrected chi connectivity index (χ4v) is 1.04. The first-order valence-corrected chi connectivity index (χ1v) is 6.44. The third kappa shape index (κ3) is 5.69. The van der Waals surface area contributed by atoms with Gasteiger partial charge in [0.1, 0.15) is 0 Å². The number of carbonyl (C=O) groups is 1. The summed E-state index contributed by atoms with van der Waals surface area (Å²) in [5, 5.41) is 2.67. The van der Waals surface area contributed by atoms with Crippen LogP contribution in [0.5, 0.6) is 0 Å². The van der Waals surface area contributed by atoms with Crippen LogP contribution in [0.3, 0.4) is 0 Å². The fraction of sp³-hybridized carbons (Fsp3) is 0.800. The van der Waals surface area contributed by atoms with Crippen molar-refractivity contribution in [1.29, 1.82) is 0 Å². The molecule has 0 aliphatic heterocycles. The van der Waals surface area contributed by atoms with Gasteiger partial charge in [0.2, 0.25) is 6.41 Å². The van der Waals surface area contributed by atoms with Crippen LogP contribution in [0.15, 0.2) is 0 Å². The Morgan fingerprint density at radius 3 is 2.12 bits per heavy atom. The summed E-state index contributed by atoms with van der Waals surface area (Å²) in [5.74, 6) is 0. The van der Waals surface area contributed by atoms with Crippen molar-refractivity contribution >= 4 is 14.5 Å². The van der Waals surface area contributed by atoms with Crippen LogP contribution in [0.25, 0.3) is 0 Å². The lowest BCUT2D eigenvalue weighted by Crippen LogP contribution is -2.35. The second-order valence-corrected chi connectivity index (χ2v) is 8.53.